The summed E-state index contributed by atoms with van der Waals surface area (Å²) in [5.74, 6) is 0.724. The van der Waals surface area contributed by atoms with Crippen LogP contribution in [0.2, 0.25) is 0 Å². The quantitative estimate of drug-likeness (QED) is 0.526. The van der Waals surface area contributed by atoms with Gasteiger partial charge < -0.3 is 4.42 Å². The molecule has 0 amide bonds. The Balaban J connectivity index is 1.98. The van der Waals surface area contributed by atoms with Gasteiger partial charge in [0.25, 0.3) is 0 Å². The fourth-order valence-corrected chi connectivity index (χ4v) is 3.39. The summed E-state index contributed by atoms with van der Waals surface area (Å²) >= 11 is 1.49. The molecule has 0 aliphatic carbocycles. The second-order valence-electron chi connectivity index (χ2n) is 5.05. The number of carbonyl (C=O) groups excluding carboxylic acids is 1. The number of aldehydes is 1. The molecule has 3 heterocycles. The summed E-state index contributed by atoms with van der Waals surface area (Å²) in [5, 5.41) is 1.95. The Kier molecular flexibility index (Phi) is 2.94. The molecule has 0 N–H and O–H groups in total. The van der Waals surface area contributed by atoms with Crippen molar-refractivity contribution >= 4 is 22.6 Å². The van der Waals surface area contributed by atoms with Crippen molar-refractivity contribution < 1.29 is 9.21 Å². The van der Waals surface area contributed by atoms with Gasteiger partial charge in [0.1, 0.15) is 17.1 Å². The van der Waals surface area contributed by atoms with Crippen molar-refractivity contribution in [3.05, 3.63) is 59.3 Å². The number of aromatic nitrogens is 2. The minimum atomic E-state index is 0.548. The third-order valence-corrected chi connectivity index (χ3v) is 4.44. The van der Waals surface area contributed by atoms with Gasteiger partial charge in [0.2, 0.25) is 0 Å². The molecule has 1 aromatic carbocycles. The highest BCUT2D eigenvalue weighted by atomic mass is 32.1. The van der Waals surface area contributed by atoms with Crippen LogP contribution in [0, 0.1) is 6.92 Å². The molecule has 0 aliphatic rings. The average molecular weight is 308 g/mol. The van der Waals surface area contributed by atoms with Crippen LogP contribution in [-0.4, -0.2) is 15.7 Å². The highest BCUT2D eigenvalue weighted by Crippen LogP contribution is 2.32. The van der Waals surface area contributed by atoms with E-state index >= 15 is 0 Å². The first-order valence-electron chi connectivity index (χ1n) is 6.84. The van der Waals surface area contributed by atoms with Gasteiger partial charge in [-0.15, -0.1) is 11.3 Å². The summed E-state index contributed by atoms with van der Waals surface area (Å²) < 4.78 is 7.31. The Morgan fingerprint density at radius 3 is 2.73 bits per heavy atom. The Bertz CT molecular complexity index is 947. The molecule has 108 valence electrons. The first kappa shape index (κ1) is 13.0. The third-order valence-electron chi connectivity index (χ3n) is 3.61. The number of thiazole rings is 1. The highest BCUT2D eigenvalue weighted by Gasteiger charge is 2.19. The van der Waals surface area contributed by atoms with Crippen LogP contribution in [0.3, 0.4) is 0 Å². The molecule has 0 unspecified atom stereocenters. The molecule has 0 saturated heterocycles. The molecule has 0 fully saturated rings. The maximum atomic E-state index is 11.7. The lowest BCUT2D eigenvalue weighted by Gasteiger charge is -2.01. The largest absolute Gasteiger partial charge is 0.463 e. The number of rotatable bonds is 3. The van der Waals surface area contributed by atoms with E-state index in [1.54, 1.807) is 6.26 Å². The number of furan rings is 1. The number of hydrogen-bond acceptors (Lipinski definition) is 4. The van der Waals surface area contributed by atoms with E-state index in [0.717, 1.165) is 28.3 Å². The van der Waals surface area contributed by atoms with Crippen molar-refractivity contribution in [3.63, 3.8) is 0 Å². The molecule has 4 aromatic rings. The Morgan fingerprint density at radius 1 is 1.23 bits per heavy atom. The second-order valence-corrected chi connectivity index (χ2v) is 5.88. The van der Waals surface area contributed by atoms with Crippen molar-refractivity contribution in [1.29, 1.82) is 0 Å². The van der Waals surface area contributed by atoms with Gasteiger partial charge >= 0.3 is 0 Å². The molecule has 22 heavy (non-hydrogen) atoms. The van der Waals surface area contributed by atoms with E-state index in [9.17, 15) is 4.79 Å². The van der Waals surface area contributed by atoms with Crippen molar-refractivity contribution in [1.82, 2.24) is 9.38 Å². The molecule has 0 radical (unpaired) electrons. The van der Waals surface area contributed by atoms with Crippen LogP contribution in [0.15, 0.2) is 52.5 Å². The van der Waals surface area contributed by atoms with Gasteiger partial charge in [0, 0.05) is 10.9 Å². The molecular formula is C17H12N2O2S. The van der Waals surface area contributed by atoms with Crippen LogP contribution in [0.25, 0.3) is 27.7 Å². The van der Waals surface area contributed by atoms with Crippen LogP contribution < -0.4 is 0 Å². The van der Waals surface area contributed by atoms with Crippen molar-refractivity contribution in [2.24, 2.45) is 0 Å². The summed E-state index contributed by atoms with van der Waals surface area (Å²) in [6.45, 7) is 2.03. The maximum Gasteiger partial charge on any atom is 0.195 e. The minimum absolute atomic E-state index is 0.548. The van der Waals surface area contributed by atoms with Crippen LogP contribution in [-0.2, 0) is 0 Å². The van der Waals surface area contributed by atoms with E-state index in [1.807, 2.05) is 53.1 Å². The number of benzene rings is 1. The van der Waals surface area contributed by atoms with E-state index in [4.69, 9.17) is 4.42 Å². The molecule has 0 aliphatic heterocycles. The Hall–Kier alpha value is -2.66. The van der Waals surface area contributed by atoms with E-state index in [1.165, 1.54) is 16.9 Å². The number of nitrogens with zero attached hydrogens (tertiary/aromatic N) is 2. The van der Waals surface area contributed by atoms with Gasteiger partial charge in [-0.25, -0.2) is 4.98 Å². The first-order valence-corrected chi connectivity index (χ1v) is 7.72. The van der Waals surface area contributed by atoms with E-state index in [0.29, 0.717) is 11.4 Å². The summed E-state index contributed by atoms with van der Waals surface area (Å²) in [5.41, 5.74) is 4.21. The molecule has 0 bridgehead atoms. The predicted molar refractivity (Wildman–Crippen MR) is 86.3 cm³/mol. The number of fused-ring (bicyclic) bond motifs is 1. The van der Waals surface area contributed by atoms with Gasteiger partial charge in [-0.1, -0.05) is 29.8 Å². The SMILES string of the molecule is Cc1ccc(-c2nc3scc(-c4ccco4)n3c2C=O)cc1. The zero-order chi connectivity index (χ0) is 15.1. The third kappa shape index (κ3) is 1.90. The minimum Gasteiger partial charge on any atom is -0.463 e. The van der Waals surface area contributed by atoms with Gasteiger partial charge in [-0.3, -0.25) is 9.20 Å². The van der Waals surface area contributed by atoms with Gasteiger partial charge in [-0.05, 0) is 19.1 Å². The van der Waals surface area contributed by atoms with E-state index in [-0.39, 0.29) is 0 Å². The molecule has 0 spiro atoms. The van der Waals surface area contributed by atoms with Crippen molar-refractivity contribution in [2.75, 3.05) is 0 Å². The monoisotopic (exact) mass is 308 g/mol. The smallest absolute Gasteiger partial charge is 0.195 e. The lowest BCUT2D eigenvalue weighted by Crippen LogP contribution is -1.93. The summed E-state index contributed by atoms with van der Waals surface area (Å²) in [6, 6.07) is 11.7. The lowest BCUT2D eigenvalue weighted by molar-refractivity contribution is 0.111. The molecule has 0 saturated carbocycles. The average Bonchev–Trinajstić information content (AvgIpc) is 3.23. The Labute approximate surface area is 130 Å². The maximum absolute atomic E-state index is 11.7. The zero-order valence-corrected chi connectivity index (χ0v) is 12.6. The van der Waals surface area contributed by atoms with Gasteiger partial charge in [0.15, 0.2) is 17.0 Å². The Morgan fingerprint density at radius 2 is 2.05 bits per heavy atom. The normalized spacial score (nSPS) is 11.1. The van der Waals surface area contributed by atoms with Crippen LogP contribution in [0.4, 0.5) is 0 Å². The van der Waals surface area contributed by atoms with Crippen LogP contribution in [0.5, 0.6) is 0 Å². The number of carbonyl (C=O) groups is 1. The molecular weight excluding hydrogens is 296 g/mol. The van der Waals surface area contributed by atoms with E-state index in [2.05, 4.69) is 4.98 Å². The summed E-state index contributed by atoms with van der Waals surface area (Å²) in [7, 11) is 0. The van der Waals surface area contributed by atoms with Gasteiger partial charge in [-0.2, -0.15) is 0 Å². The zero-order valence-electron chi connectivity index (χ0n) is 11.8. The number of imidazole rings is 1. The first-order chi connectivity index (χ1) is 10.8. The summed E-state index contributed by atoms with van der Waals surface area (Å²) in [6.07, 6.45) is 2.48. The topological polar surface area (TPSA) is 47.5 Å². The number of aryl methyl sites for hydroxylation is 1. The molecule has 4 nitrogen and oxygen atoms in total. The predicted octanol–water partition coefficient (Wildman–Crippen LogP) is 4.44. The fraction of sp³-hybridized carbons (Fsp3) is 0.0588. The molecule has 5 heteroatoms. The summed E-state index contributed by atoms with van der Waals surface area (Å²) in [4.78, 5) is 17.1. The standard InChI is InChI=1S/C17H12N2O2S/c1-11-4-6-12(7-5-11)16-13(9-20)19-14(10-22-17(19)18-16)15-3-2-8-21-15/h2-10H,1H3. The highest BCUT2D eigenvalue weighted by molar-refractivity contribution is 7.15. The van der Waals surface area contributed by atoms with Crippen LogP contribution in [0.1, 0.15) is 16.1 Å². The number of hydrogen-bond donors (Lipinski definition) is 0. The lowest BCUT2D eigenvalue weighted by atomic mass is 10.1. The van der Waals surface area contributed by atoms with E-state index < -0.39 is 0 Å². The second kappa shape index (κ2) is 4.96. The fourth-order valence-electron chi connectivity index (χ4n) is 2.51. The molecule has 3 aromatic heterocycles. The molecule has 0 atom stereocenters. The van der Waals surface area contributed by atoms with Crippen LogP contribution >= 0.6 is 11.3 Å². The van der Waals surface area contributed by atoms with Crippen molar-refractivity contribution in [2.45, 2.75) is 6.92 Å². The molecule has 4 rings (SSSR count). The van der Waals surface area contributed by atoms with Crippen molar-refractivity contribution in [3.8, 4) is 22.7 Å². The van der Waals surface area contributed by atoms with Gasteiger partial charge in [0.05, 0.1) is 6.26 Å².